The molecule has 0 saturated heterocycles. The van der Waals surface area contributed by atoms with Crippen molar-refractivity contribution in [2.24, 2.45) is 0 Å². The molecule has 6 heteroatoms. The molecule has 5 aromatic rings. The van der Waals surface area contributed by atoms with Crippen LogP contribution in [0, 0.1) is 6.92 Å². The van der Waals surface area contributed by atoms with Crippen molar-refractivity contribution in [3.63, 3.8) is 0 Å². The van der Waals surface area contributed by atoms with Crippen molar-refractivity contribution in [2.45, 2.75) is 18.9 Å². The number of nitrogens with zero attached hydrogens (tertiary/aromatic N) is 1. The molecule has 0 fully saturated rings. The van der Waals surface area contributed by atoms with E-state index in [9.17, 15) is 4.79 Å². The number of hydrogen-bond acceptors (Lipinski definition) is 3. The second-order valence-electron chi connectivity index (χ2n) is 8.54. The summed E-state index contributed by atoms with van der Waals surface area (Å²) in [7, 11) is -2.56. The number of benzene rings is 4. The van der Waals surface area contributed by atoms with Gasteiger partial charge in [-0.2, -0.15) is 0 Å². The van der Waals surface area contributed by atoms with Gasteiger partial charge < -0.3 is 4.98 Å². The highest BCUT2D eigenvalue weighted by Crippen LogP contribution is 2.54. The number of aryl methyl sites for hydroxylation is 1. The highest BCUT2D eigenvalue weighted by atomic mass is 127. The van der Waals surface area contributed by atoms with Gasteiger partial charge in [0.1, 0.15) is 26.8 Å². The molecular weight excluding hydrogens is 606 g/mol. The molecule has 0 bridgehead atoms. The van der Waals surface area contributed by atoms with Gasteiger partial charge in [0, 0.05) is 5.56 Å². The molecule has 37 heavy (non-hydrogen) atoms. The average Bonchev–Trinajstić information content (AvgIpc) is 2.93. The zero-order chi connectivity index (χ0) is 25.0. The van der Waals surface area contributed by atoms with Gasteiger partial charge in [-0.05, 0) is 49.1 Å². The lowest BCUT2D eigenvalue weighted by atomic mass is 10.1. The fourth-order valence-corrected chi connectivity index (χ4v) is 10.1. The predicted octanol–water partition coefficient (Wildman–Crippen LogP) is 6.09. The lowest BCUT2D eigenvalue weighted by Crippen LogP contribution is -2.46. The van der Waals surface area contributed by atoms with Crippen LogP contribution in [0.5, 0.6) is 0 Å². The summed E-state index contributed by atoms with van der Waals surface area (Å²) < 4.78 is 0. The molecule has 0 spiro atoms. The third-order valence-corrected chi connectivity index (χ3v) is 11.5. The van der Waals surface area contributed by atoms with Crippen molar-refractivity contribution in [1.29, 1.82) is 0 Å². The largest absolute Gasteiger partial charge is 0.303 e. The summed E-state index contributed by atoms with van der Waals surface area (Å²) in [5.74, 6) is 1.42. The van der Waals surface area contributed by atoms with Crippen molar-refractivity contribution >= 4 is 64.2 Å². The molecular formula is C31H29IN2OPS+. The van der Waals surface area contributed by atoms with E-state index >= 15 is 0 Å². The number of aromatic amines is 1. The van der Waals surface area contributed by atoms with Gasteiger partial charge in [-0.15, -0.1) is 35.7 Å². The van der Waals surface area contributed by atoms with Crippen LogP contribution >= 0.6 is 43.0 Å². The second-order valence-corrected chi connectivity index (χ2v) is 13.1. The number of rotatable bonds is 7. The van der Waals surface area contributed by atoms with E-state index in [0.29, 0.717) is 5.82 Å². The summed E-state index contributed by atoms with van der Waals surface area (Å²) in [6, 6.07) is 39.5. The molecule has 3 nitrogen and oxygen atoms in total. The van der Waals surface area contributed by atoms with Gasteiger partial charge in [0.15, 0.2) is 7.26 Å². The van der Waals surface area contributed by atoms with Crippen molar-refractivity contribution < 1.29 is 0 Å². The number of nitrogens with one attached hydrogen (secondary N) is 1. The van der Waals surface area contributed by atoms with Crippen LogP contribution in [0.15, 0.2) is 125 Å². The van der Waals surface area contributed by atoms with Crippen LogP contribution < -0.4 is 26.8 Å². The van der Waals surface area contributed by atoms with E-state index in [-0.39, 0.29) is 29.5 Å². The molecule has 4 aromatic carbocycles. The summed E-state index contributed by atoms with van der Waals surface area (Å²) in [4.78, 5) is 22.5. The highest BCUT2D eigenvalue weighted by molar-refractivity contribution is 14.0. The molecule has 1 aromatic heterocycles. The molecule has 1 N–H and O–H groups in total. The van der Waals surface area contributed by atoms with Crippen molar-refractivity contribution in [2.75, 3.05) is 5.75 Å². The Labute approximate surface area is 240 Å². The van der Waals surface area contributed by atoms with E-state index < -0.39 is 7.26 Å². The van der Waals surface area contributed by atoms with Gasteiger partial charge in [-0.25, -0.2) is 4.98 Å². The monoisotopic (exact) mass is 635 g/mol. The van der Waals surface area contributed by atoms with Crippen molar-refractivity contribution in [3.8, 4) is 11.4 Å². The van der Waals surface area contributed by atoms with Crippen LogP contribution in [-0.2, 0) is 0 Å². The van der Waals surface area contributed by atoms with E-state index in [1.54, 1.807) is 11.8 Å². The van der Waals surface area contributed by atoms with Crippen LogP contribution in [0.2, 0.25) is 0 Å². The van der Waals surface area contributed by atoms with Crippen LogP contribution in [0.4, 0.5) is 0 Å². The Bertz CT molecular complexity index is 1410. The minimum Gasteiger partial charge on any atom is -0.303 e. The topological polar surface area (TPSA) is 45.8 Å². The first-order valence-corrected chi connectivity index (χ1v) is 14.8. The predicted molar refractivity (Wildman–Crippen MR) is 172 cm³/mol. The number of hydrogen-bond donors (Lipinski definition) is 1. The molecule has 0 amide bonds. The van der Waals surface area contributed by atoms with Gasteiger partial charge in [-0.3, -0.25) is 4.79 Å². The second kappa shape index (κ2) is 12.2. The molecule has 0 unspecified atom stereocenters. The summed E-state index contributed by atoms with van der Waals surface area (Å²) in [6.45, 7) is 4.16. The van der Waals surface area contributed by atoms with Crippen LogP contribution in [0.25, 0.3) is 11.4 Å². The number of halogens is 1. The quantitative estimate of drug-likeness (QED) is 0.102. The molecule has 1 heterocycles. The van der Waals surface area contributed by atoms with Gasteiger partial charge in [0.2, 0.25) is 5.30 Å². The SMILES string of the molecule is CCSc1nc(-c2ccc(C)cc2)[nH]c(=O)c1[P+](c1ccccc1)(c1ccccc1)c1ccccc1.I. The Morgan fingerprint density at radius 3 is 1.62 bits per heavy atom. The lowest BCUT2D eigenvalue weighted by molar-refractivity contribution is 1.05. The summed E-state index contributed by atoms with van der Waals surface area (Å²) in [5, 5.41) is 4.96. The number of H-pyrrole nitrogens is 1. The van der Waals surface area contributed by atoms with E-state index in [4.69, 9.17) is 4.98 Å². The average molecular weight is 636 g/mol. The van der Waals surface area contributed by atoms with Crippen molar-refractivity contribution in [1.82, 2.24) is 9.97 Å². The zero-order valence-corrected chi connectivity index (χ0v) is 24.8. The van der Waals surface area contributed by atoms with E-state index in [1.807, 2.05) is 42.5 Å². The Hall–Kier alpha value is -2.73. The van der Waals surface area contributed by atoms with Gasteiger partial charge in [0.25, 0.3) is 5.56 Å². The maximum atomic E-state index is 14.3. The molecule has 0 radical (unpaired) electrons. The third kappa shape index (κ3) is 5.31. The van der Waals surface area contributed by atoms with Crippen molar-refractivity contribution in [3.05, 3.63) is 131 Å². The first kappa shape index (κ1) is 27.3. The molecule has 0 atom stereocenters. The minimum absolute atomic E-state index is 0. The summed E-state index contributed by atoms with van der Waals surface area (Å²) in [5.41, 5.74) is 2.00. The number of aromatic nitrogens is 2. The first-order valence-electron chi connectivity index (χ1n) is 12.0. The maximum Gasteiger partial charge on any atom is 0.296 e. The summed E-state index contributed by atoms with van der Waals surface area (Å²) >= 11 is 1.64. The Morgan fingerprint density at radius 1 is 0.730 bits per heavy atom. The zero-order valence-electron chi connectivity index (χ0n) is 20.8. The van der Waals surface area contributed by atoms with Gasteiger partial charge in [-0.1, -0.05) is 91.3 Å². The minimum atomic E-state index is -2.56. The van der Waals surface area contributed by atoms with Crippen LogP contribution in [0.3, 0.4) is 0 Å². The molecule has 0 aliphatic carbocycles. The number of thioether (sulfide) groups is 1. The molecule has 5 rings (SSSR count). The summed E-state index contributed by atoms with van der Waals surface area (Å²) in [6.07, 6.45) is 0. The van der Waals surface area contributed by atoms with Crippen LogP contribution in [-0.4, -0.2) is 15.7 Å². The van der Waals surface area contributed by atoms with E-state index in [2.05, 4.69) is 91.6 Å². The third-order valence-electron chi connectivity index (χ3n) is 6.23. The fourth-order valence-electron chi connectivity index (χ4n) is 4.62. The first-order chi connectivity index (χ1) is 17.6. The van der Waals surface area contributed by atoms with E-state index in [0.717, 1.165) is 37.6 Å². The van der Waals surface area contributed by atoms with E-state index in [1.165, 1.54) is 5.56 Å². The Morgan fingerprint density at radius 2 is 1.19 bits per heavy atom. The lowest BCUT2D eigenvalue weighted by Gasteiger charge is -2.28. The maximum absolute atomic E-state index is 14.3. The molecule has 0 aliphatic rings. The molecule has 0 aliphatic heterocycles. The Kier molecular flexibility index (Phi) is 9.01. The van der Waals surface area contributed by atoms with Crippen LogP contribution in [0.1, 0.15) is 12.5 Å². The highest BCUT2D eigenvalue weighted by Gasteiger charge is 2.52. The smallest absolute Gasteiger partial charge is 0.296 e. The van der Waals surface area contributed by atoms with Gasteiger partial charge >= 0.3 is 0 Å². The molecule has 0 saturated carbocycles. The molecule has 186 valence electrons. The fraction of sp³-hybridized carbons (Fsp3) is 0.0968. The standard InChI is InChI=1S/C31H27N2OPS.HI/c1-3-36-31-28(30(34)32-29(33-31)24-21-19-23(2)20-22-24)35(25-13-7-4-8-14-25,26-15-9-5-10-16-26)27-17-11-6-12-18-27;/h4-22H,3H2,1-2H3;1H/p+1. The Balaban J connectivity index is 0.00000320. The normalized spacial score (nSPS) is 11.1. The van der Waals surface area contributed by atoms with Gasteiger partial charge in [0.05, 0.1) is 0 Å².